The molecule has 1 N–H and O–H groups in total. The molecule has 0 aliphatic carbocycles. The molecule has 3 aromatic rings. The molecule has 0 saturated carbocycles. The molecular formula is C32H34FN3O3. The normalized spacial score (nSPS) is 16.6. The fraction of sp³-hybridized carbons (Fsp3) is 0.312. The average Bonchev–Trinajstić information content (AvgIpc) is 3.38. The van der Waals surface area contributed by atoms with Crippen molar-refractivity contribution in [3.05, 3.63) is 101 Å². The van der Waals surface area contributed by atoms with Crippen LogP contribution in [0.4, 0.5) is 10.1 Å². The van der Waals surface area contributed by atoms with E-state index in [0.717, 1.165) is 56.0 Å². The van der Waals surface area contributed by atoms with E-state index in [0.29, 0.717) is 18.5 Å². The number of carbonyl (C=O) groups is 2. The number of nitrogens with one attached hydrogen (secondary N) is 1. The van der Waals surface area contributed by atoms with E-state index in [1.165, 1.54) is 23.3 Å². The van der Waals surface area contributed by atoms with Crippen LogP contribution in [0.25, 0.3) is 5.57 Å². The molecule has 7 heteroatoms. The Morgan fingerprint density at radius 2 is 1.82 bits per heavy atom. The minimum atomic E-state index is -0.210. The lowest BCUT2D eigenvalue weighted by molar-refractivity contribution is -0.117. The highest BCUT2D eigenvalue weighted by atomic mass is 19.1. The zero-order valence-corrected chi connectivity index (χ0v) is 22.2. The van der Waals surface area contributed by atoms with E-state index >= 15 is 0 Å². The van der Waals surface area contributed by atoms with Gasteiger partial charge in [-0.1, -0.05) is 30.3 Å². The fourth-order valence-electron chi connectivity index (χ4n) is 5.08. The van der Waals surface area contributed by atoms with E-state index < -0.39 is 0 Å². The Morgan fingerprint density at radius 1 is 1.03 bits per heavy atom. The van der Waals surface area contributed by atoms with Gasteiger partial charge in [-0.25, -0.2) is 4.39 Å². The third kappa shape index (κ3) is 6.92. The lowest BCUT2D eigenvalue weighted by atomic mass is 9.99. The molecule has 2 heterocycles. The molecule has 0 spiro atoms. The van der Waals surface area contributed by atoms with Gasteiger partial charge in [0.25, 0.3) is 5.91 Å². The summed E-state index contributed by atoms with van der Waals surface area (Å²) in [7, 11) is 0. The molecule has 202 valence electrons. The van der Waals surface area contributed by atoms with Gasteiger partial charge in [0.2, 0.25) is 5.91 Å². The Bertz CT molecular complexity index is 1340. The fourth-order valence-corrected chi connectivity index (χ4v) is 5.08. The first-order chi connectivity index (χ1) is 18.9. The highest BCUT2D eigenvalue weighted by molar-refractivity contribution is 5.97. The van der Waals surface area contributed by atoms with Crippen LogP contribution in [0.5, 0.6) is 5.75 Å². The van der Waals surface area contributed by atoms with Crippen molar-refractivity contribution in [2.45, 2.75) is 38.8 Å². The predicted octanol–water partition coefficient (Wildman–Crippen LogP) is 5.44. The number of anilines is 1. The van der Waals surface area contributed by atoms with Gasteiger partial charge < -0.3 is 15.0 Å². The van der Waals surface area contributed by atoms with E-state index in [9.17, 15) is 14.0 Å². The summed E-state index contributed by atoms with van der Waals surface area (Å²) < 4.78 is 19.3. The standard InChI is InChI=1S/C32H34FN3O3/c1-23(21-34-32(38)27-9-13-29(14-10-27)36-17-3-6-31(36)37)39-30-5-2-4-24(20-30)22-35-18-15-26(16-19-35)25-7-11-28(33)12-8-25/h2,4-5,7-15,20,23H,3,6,16-19,21-22H2,1H3,(H,34,38)/t23-/m1/s1. The van der Waals surface area contributed by atoms with Crippen molar-refractivity contribution in [2.24, 2.45) is 0 Å². The van der Waals surface area contributed by atoms with Crippen LogP contribution in [0.1, 0.15) is 47.7 Å². The molecule has 0 radical (unpaired) electrons. The molecule has 3 aromatic carbocycles. The van der Waals surface area contributed by atoms with Crippen LogP contribution in [-0.4, -0.2) is 49.0 Å². The van der Waals surface area contributed by atoms with Crippen molar-refractivity contribution in [2.75, 3.05) is 31.1 Å². The van der Waals surface area contributed by atoms with Crippen molar-refractivity contribution < 1.29 is 18.7 Å². The van der Waals surface area contributed by atoms with Crippen molar-refractivity contribution >= 4 is 23.1 Å². The second-order valence-corrected chi connectivity index (χ2v) is 10.2. The quantitative estimate of drug-likeness (QED) is 0.403. The number of amides is 2. The van der Waals surface area contributed by atoms with Crippen LogP contribution in [0.2, 0.25) is 0 Å². The van der Waals surface area contributed by atoms with E-state index in [2.05, 4.69) is 28.4 Å². The summed E-state index contributed by atoms with van der Waals surface area (Å²) in [6, 6.07) is 21.9. The van der Waals surface area contributed by atoms with Crippen molar-refractivity contribution in [3.8, 4) is 5.75 Å². The van der Waals surface area contributed by atoms with Gasteiger partial charge in [-0.05, 0) is 85.0 Å². The van der Waals surface area contributed by atoms with Crippen LogP contribution < -0.4 is 15.0 Å². The number of carbonyl (C=O) groups excluding carboxylic acids is 2. The van der Waals surface area contributed by atoms with Crippen LogP contribution in [0.3, 0.4) is 0 Å². The molecule has 2 aliphatic heterocycles. The largest absolute Gasteiger partial charge is 0.489 e. The molecular weight excluding hydrogens is 493 g/mol. The molecule has 0 unspecified atom stereocenters. The summed E-state index contributed by atoms with van der Waals surface area (Å²) >= 11 is 0. The van der Waals surface area contributed by atoms with Crippen molar-refractivity contribution in [3.63, 3.8) is 0 Å². The number of hydrogen-bond donors (Lipinski definition) is 1. The SMILES string of the molecule is C[C@H](CNC(=O)c1ccc(N2CCCC2=O)cc1)Oc1cccc(CN2CC=C(c3ccc(F)cc3)CC2)c1. The first-order valence-electron chi connectivity index (χ1n) is 13.6. The summed E-state index contributed by atoms with van der Waals surface area (Å²) in [5.74, 6) is 0.522. The average molecular weight is 528 g/mol. The molecule has 0 bridgehead atoms. The zero-order chi connectivity index (χ0) is 27.2. The summed E-state index contributed by atoms with van der Waals surface area (Å²) in [4.78, 5) is 28.7. The highest BCUT2D eigenvalue weighted by Gasteiger charge is 2.22. The molecule has 2 amide bonds. The molecule has 1 atom stereocenters. The highest BCUT2D eigenvalue weighted by Crippen LogP contribution is 2.25. The smallest absolute Gasteiger partial charge is 0.251 e. The first kappa shape index (κ1) is 26.6. The minimum absolute atomic E-state index is 0.131. The van der Waals surface area contributed by atoms with Gasteiger partial charge in [-0.15, -0.1) is 0 Å². The Kier molecular flexibility index (Phi) is 8.37. The van der Waals surface area contributed by atoms with Crippen molar-refractivity contribution in [1.29, 1.82) is 0 Å². The minimum Gasteiger partial charge on any atom is -0.489 e. The van der Waals surface area contributed by atoms with E-state index in [4.69, 9.17) is 4.74 Å². The maximum absolute atomic E-state index is 13.2. The van der Waals surface area contributed by atoms with Gasteiger partial charge >= 0.3 is 0 Å². The summed E-state index contributed by atoms with van der Waals surface area (Å²) in [6.45, 7) is 5.63. The number of nitrogens with zero attached hydrogens (tertiary/aromatic N) is 2. The summed E-state index contributed by atoms with van der Waals surface area (Å²) in [6.07, 6.45) is 4.40. The van der Waals surface area contributed by atoms with Gasteiger partial charge in [-0.3, -0.25) is 14.5 Å². The second kappa shape index (κ2) is 12.3. The first-order valence-corrected chi connectivity index (χ1v) is 13.6. The number of rotatable bonds is 9. The zero-order valence-electron chi connectivity index (χ0n) is 22.2. The summed E-state index contributed by atoms with van der Waals surface area (Å²) in [5, 5.41) is 2.94. The van der Waals surface area contributed by atoms with Crippen LogP contribution in [-0.2, 0) is 11.3 Å². The van der Waals surface area contributed by atoms with E-state index in [-0.39, 0.29) is 23.7 Å². The molecule has 1 fully saturated rings. The topological polar surface area (TPSA) is 61.9 Å². The maximum atomic E-state index is 13.2. The Balaban J connectivity index is 1.09. The van der Waals surface area contributed by atoms with Gasteiger partial charge in [0.05, 0.1) is 6.54 Å². The van der Waals surface area contributed by atoms with Gasteiger partial charge in [0.1, 0.15) is 17.7 Å². The Morgan fingerprint density at radius 3 is 2.51 bits per heavy atom. The van der Waals surface area contributed by atoms with Crippen molar-refractivity contribution in [1.82, 2.24) is 10.2 Å². The molecule has 0 aromatic heterocycles. The summed E-state index contributed by atoms with van der Waals surface area (Å²) in [5.41, 5.74) is 4.90. The van der Waals surface area contributed by atoms with Crippen LogP contribution in [0.15, 0.2) is 78.9 Å². The maximum Gasteiger partial charge on any atom is 0.251 e. The number of halogens is 1. The number of ether oxygens (including phenoxy) is 1. The predicted molar refractivity (Wildman–Crippen MR) is 151 cm³/mol. The number of benzene rings is 3. The third-order valence-electron chi connectivity index (χ3n) is 7.21. The van der Waals surface area contributed by atoms with Gasteiger partial charge in [0.15, 0.2) is 0 Å². The molecule has 39 heavy (non-hydrogen) atoms. The number of hydrogen-bond acceptors (Lipinski definition) is 4. The lowest BCUT2D eigenvalue weighted by Gasteiger charge is -2.26. The van der Waals surface area contributed by atoms with E-state index in [1.54, 1.807) is 17.0 Å². The third-order valence-corrected chi connectivity index (χ3v) is 7.21. The monoisotopic (exact) mass is 527 g/mol. The molecule has 5 rings (SSSR count). The molecule has 2 aliphatic rings. The van der Waals surface area contributed by atoms with Crippen LogP contribution >= 0.6 is 0 Å². The van der Waals surface area contributed by atoms with Crippen LogP contribution in [0, 0.1) is 5.82 Å². The Hall–Kier alpha value is -3.97. The Labute approximate surface area is 229 Å². The van der Waals surface area contributed by atoms with E-state index in [1.807, 2.05) is 43.3 Å². The lowest BCUT2D eigenvalue weighted by Crippen LogP contribution is -2.33. The van der Waals surface area contributed by atoms with Gasteiger partial charge in [-0.2, -0.15) is 0 Å². The molecule has 6 nitrogen and oxygen atoms in total. The van der Waals surface area contributed by atoms with Gasteiger partial charge in [0, 0.05) is 43.9 Å². The molecule has 1 saturated heterocycles. The second-order valence-electron chi connectivity index (χ2n) is 10.2.